The zero-order chi connectivity index (χ0) is 8.97. The first-order valence-corrected chi connectivity index (χ1v) is 3.39. The summed E-state index contributed by atoms with van der Waals surface area (Å²) in [5.41, 5.74) is 5.29. The molecule has 0 bridgehead atoms. The van der Waals surface area contributed by atoms with Gasteiger partial charge in [0.2, 0.25) is 0 Å². The number of primary amides is 1. The topological polar surface area (TPSA) is 72.6 Å². The number of para-hydroxylation sites is 1. The molecule has 0 spiro atoms. The van der Waals surface area contributed by atoms with Crippen LogP contribution in [0.25, 0.3) is 0 Å². The maximum absolute atomic E-state index is 10.2. The van der Waals surface area contributed by atoms with Crippen LogP contribution in [0, 0.1) is 0 Å². The SMILES string of the molecule is NC(=O)OCc1ccccc1O. The summed E-state index contributed by atoms with van der Waals surface area (Å²) in [6, 6.07) is 6.58. The molecule has 1 aromatic rings. The molecular formula is C8H9NO3. The highest BCUT2D eigenvalue weighted by Gasteiger charge is 2.00. The molecule has 0 aliphatic heterocycles. The van der Waals surface area contributed by atoms with Crippen LogP contribution in [0.1, 0.15) is 5.56 Å². The van der Waals surface area contributed by atoms with Crippen molar-refractivity contribution in [3.05, 3.63) is 29.8 Å². The van der Waals surface area contributed by atoms with Crippen LogP contribution in [0.4, 0.5) is 4.79 Å². The lowest BCUT2D eigenvalue weighted by molar-refractivity contribution is 0.149. The lowest BCUT2D eigenvalue weighted by atomic mass is 10.2. The highest BCUT2D eigenvalue weighted by Crippen LogP contribution is 2.15. The van der Waals surface area contributed by atoms with E-state index in [1.807, 2.05) is 0 Å². The Morgan fingerprint density at radius 3 is 2.75 bits per heavy atom. The molecule has 3 N–H and O–H groups in total. The Morgan fingerprint density at radius 2 is 2.17 bits per heavy atom. The van der Waals surface area contributed by atoms with Gasteiger partial charge in [-0.15, -0.1) is 0 Å². The molecule has 4 heteroatoms. The molecular weight excluding hydrogens is 158 g/mol. The maximum atomic E-state index is 10.2. The van der Waals surface area contributed by atoms with Gasteiger partial charge in [-0.05, 0) is 6.07 Å². The van der Waals surface area contributed by atoms with Crippen LogP contribution in [0.2, 0.25) is 0 Å². The van der Waals surface area contributed by atoms with Crippen molar-refractivity contribution >= 4 is 6.09 Å². The number of phenolic OH excluding ortho intramolecular Hbond substituents is 1. The molecule has 0 aliphatic carbocycles. The molecule has 64 valence electrons. The van der Waals surface area contributed by atoms with E-state index in [1.54, 1.807) is 18.2 Å². The fourth-order valence-electron chi connectivity index (χ4n) is 0.782. The van der Waals surface area contributed by atoms with Crippen molar-refractivity contribution in [2.24, 2.45) is 5.73 Å². The quantitative estimate of drug-likeness (QED) is 0.689. The maximum Gasteiger partial charge on any atom is 0.404 e. The van der Waals surface area contributed by atoms with Gasteiger partial charge in [-0.3, -0.25) is 0 Å². The van der Waals surface area contributed by atoms with Crippen LogP contribution in [-0.2, 0) is 11.3 Å². The van der Waals surface area contributed by atoms with E-state index in [0.29, 0.717) is 5.56 Å². The first-order chi connectivity index (χ1) is 5.70. The average Bonchev–Trinajstić information content (AvgIpc) is 2.03. The molecule has 0 unspecified atom stereocenters. The molecule has 1 rings (SSSR count). The number of aromatic hydroxyl groups is 1. The number of benzene rings is 1. The first kappa shape index (κ1) is 8.39. The Hall–Kier alpha value is -1.71. The Balaban J connectivity index is 2.63. The summed E-state index contributed by atoms with van der Waals surface area (Å²) in [7, 11) is 0. The molecule has 0 atom stereocenters. The molecule has 0 saturated carbocycles. The smallest absolute Gasteiger partial charge is 0.404 e. The Kier molecular flexibility index (Phi) is 2.53. The van der Waals surface area contributed by atoms with E-state index in [9.17, 15) is 9.90 Å². The predicted molar refractivity (Wildman–Crippen MR) is 42.5 cm³/mol. The molecule has 0 aromatic heterocycles. The third kappa shape index (κ3) is 2.16. The summed E-state index contributed by atoms with van der Waals surface area (Å²) in [5, 5.41) is 9.19. The number of ether oxygens (including phenoxy) is 1. The summed E-state index contributed by atoms with van der Waals surface area (Å²) in [5.74, 6) is 0.0961. The summed E-state index contributed by atoms with van der Waals surface area (Å²) < 4.78 is 4.49. The van der Waals surface area contributed by atoms with E-state index < -0.39 is 6.09 Å². The van der Waals surface area contributed by atoms with E-state index >= 15 is 0 Å². The summed E-state index contributed by atoms with van der Waals surface area (Å²) in [6.07, 6.45) is -0.849. The van der Waals surface area contributed by atoms with Crippen LogP contribution < -0.4 is 5.73 Å². The van der Waals surface area contributed by atoms with Crippen molar-refractivity contribution in [3.8, 4) is 5.75 Å². The zero-order valence-electron chi connectivity index (χ0n) is 6.36. The second kappa shape index (κ2) is 3.61. The molecule has 0 fully saturated rings. The molecule has 0 heterocycles. The zero-order valence-corrected chi connectivity index (χ0v) is 6.36. The van der Waals surface area contributed by atoms with Crippen molar-refractivity contribution < 1.29 is 14.6 Å². The molecule has 4 nitrogen and oxygen atoms in total. The number of rotatable bonds is 2. The van der Waals surface area contributed by atoms with E-state index in [-0.39, 0.29) is 12.4 Å². The molecule has 1 amide bonds. The second-order valence-electron chi connectivity index (χ2n) is 2.24. The Morgan fingerprint density at radius 1 is 1.50 bits per heavy atom. The molecule has 0 aliphatic rings. The van der Waals surface area contributed by atoms with Gasteiger partial charge in [-0.2, -0.15) is 0 Å². The lowest BCUT2D eigenvalue weighted by Gasteiger charge is -2.02. The molecule has 0 saturated heterocycles. The lowest BCUT2D eigenvalue weighted by Crippen LogP contribution is -2.12. The van der Waals surface area contributed by atoms with Gasteiger partial charge in [-0.25, -0.2) is 4.79 Å². The van der Waals surface area contributed by atoms with Gasteiger partial charge in [0.15, 0.2) is 0 Å². The summed E-state index contributed by atoms with van der Waals surface area (Å²) in [6.45, 7) is 0.00199. The van der Waals surface area contributed by atoms with E-state index in [1.165, 1.54) is 6.07 Å². The summed E-state index contributed by atoms with van der Waals surface area (Å²) >= 11 is 0. The number of hydrogen-bond donors (Lipinski definition) is 2. The van der Waals surface area contributed by atoms with Crippen LogP contribution in [0.3, 0.4) is 0 Å². The van der Waals surface area contributed by atoms with Gasteiger partial charge in [0, 0.05) is 5.56 Å². The van der Waals surface area contributed by atoms with Gasteiger partial charge in [0.05, 0.1) is 0 Å². The van der Waals surface area contributed by atoms with E-state index in [4.69, 9.17) is 5.73 Å². The predicted octanol–water partition coefficient (Wildman–Crippen LogP) is 0.988. The Labute approximate surface area is 69.6 Å². The third-order valence-electron chi connectivity index (χ3n) is 1.36. The minimum Gasteiger partial charge on any atom is -0.508 e. The fraction of sp³-hybridized carbons (Fsp3) is 0.125. The minimum absolute atomic E-state index is 0.00199. The number of nitrogens with two attached hydrogens (primary N) is 1. The standard InChI is InChI=1S/C8H9NO3/c9-8(11)12-5-6-3-1-2-4-7(6)10/h1-4,10H,5H2,(H2,9,11). The number of amides is 1. The van der Waals surface area contributed by atoms with Crippen molar-refractivity contribution in [1.29, 1.82) is 0 Å². The van der Waals surface area contributed by atoms with Crippen molar-refractivity contribution in [2.45, 2.75) is 6.61 Å². The van der Waals surface area contributed by atoms with Crippen LogP contribution in [0.15, 0.2) is 24.3 Å². The van der Waals surface area contributed by atoms with Crippen molar-refractivity contribution in [3.63, 3.8) is 0 Å². The van der Waals surface area contributed by atoms with Gasteiger partial charge in [0.1, 0.15) is 12.4 Å². The van der Waals surface area contributed by atoms with Gasteiger partial charge in [0.25, 0.3) is 0 Å². The summed E-state index contributed by atoms with van der Waals surface area (Å²) in [4.78, 5) is 10.2. The molecule has 12 heavy (non-hydrogen) atoms. The van der Waals surface area contributed by atoms with Gasteiger partial charge >= 0.3 is 6.09 Å². The Bertz CT molecular complexity index is 285. The third-order valence-corrected chi connectivity index (χ3v) is 1.36. The molecule has 0 radical (unpaired) electrons. The van der Waals surface area contributed by atoms with Crippen molar-refractivity contribution in [1.82, 2.24) is 0 Å². The van der Waals surface area contributed by atoms with E-state index in [0.717, 1.165) is 0 Å². The van der Waals surface area contributed by atoms with Gasteiger partial charge in [-0.1, -0.05) is 18.2 Å². The number of phenols is 1. The largest absolute Gasteiger partial charge is 0.508 e. The first-order valence-electron chi connectivity index (χ1n) is 3.39. The number of carbonyl (C=O) groups is 1. The van der Waals surface area contributed by atoms with Crippen LogP contribution in [-0.4, -0.2) is 11.2 Å². The van der Waals surface area contributed by atoms with Crippen LogP contribution >= 0.6 is 0 Å². The van der Waals surface area contributed by atoms with Crippen LogP contribution in [0.5, 0.6) is 5.75 Å². The number of hydrogen-bond acceptors (Lipinski definition) is 3. The number of carbonyl (C=O) groups excluding carboxylic acids is 1. The molecule has 1 aromatic carbocycles. The fourth-order valence-corrected chi connectivity index (χ4v) is 0.782. The highest BCUT2D eigenvalue weighted by atomic mass is 16.5. The van der Waals surface area contributed by atoms with E-state index in [2.05, 4.69) is 4.74 Å². The van der Waals surface area contributed by atoms with Crippen molar-refractivity contribution in [2.75, 3.05) is 0 Å². The normalized spacial score (nSPS) is 9.33. The monoisotopic (exact) mass is 167 g/mol. The average molecular weight is 167 g/mol. The highest BCUT2D eigenvalue weighted by molar-refractivity contribution is 5.64. The van der Waals surface area contributed by atoms with Gasteiger partial charge < -0.3 is 15.6 Å². The minimum atomic E-state index is -0.849. The second-order valence-corrected chi connectivity index (χ2v) is 2.24.